The van der Waals surface area contributed by atoms with E-state index in [1.807, 2.05) is 13.8 Å². The number of aryl methyl sites for hydroxylation is 1. The van der Waals surface area contributed by atoms with Crippen molar-refractivity contribution in [1.82, 2.24) is 9.78 Å². The van der Waals surface area contributed by atoms with Crippen molar-refractivity contribution in [2.45, 2.75) is 45.9 Å². The predicted octanol–water partition coefficient (Wildman–Crippen LogP) is 3.85. The number of aromatic nitrogens is 2. The fourth-order valence-electron chi connectivity index (χ4n) is 3.00. The molecule has 1 aliphatic rings. The van der Waals surface area contributed by atoms with E-state index in [-0.39, 0.29) is 28.6 Å². The van der Waals surface area contributed by atoms with Crippen molar-refractivity contribution in [1.29, 1.82) is 0 Å². The first-order chi connectivity index (χ1) is 10.9. The molecule has 1 amide bonds. The molecule has 3 heterocycles. The first kappa shape index (κ1) is 15.9. The molecule has 0 bridgehead atoms. The standard InChI is InChI=1S/C15H17F2N3O2S/c1-8-6-9(2)20-12(4-5-18-20)19(8)14(21)13-11(22-15(16)17)7-10(3)23-13/h4-5,7-9,15H,6H2,1-3H3/t8-,9+/m0/s1. The largest absolute Gasteiger partial charge is 0.433 e. The van der Waals surface area contributed by atoms with Crippen molar-refractivity contribution in [3.63, 3.8) is 0 Å². The molecule has 0 aromatic carbocycles. The Morgan fingerprint density at radius 3 is 2.87 bits per heavy atom. The summed E-state index contributed by atoms with van der Waals surface area (Å²) in [5, 5.41) is 4.25. The SMILES string of the molecule is Cc1cc(OC(F)F)c(C(=O)N2c3ccnn3[C@H](C)C[C@@H]2C)s1. The number of anilines is 1. The summed E-state index contributed by atoms with van der Waals surface area (Å²) in [4.78, 5) is 15.5. The Kier molecular flexibility index (Phi) is 4.09. The Labute approximate surface area is 136 Å². The minimum absolute atomic E-state index is 0.0523. The van der Waals surface area contributed by atoms with Gasteiger partial charge in [-0.15, -0.1) is 11.3 Å². The lowest BCUT2D eigenvalue weighted by Crippen LogP contribution is -2.44. The van der Waals surface area contributed by atoms with E-state index in [1.54, 1.807) is 28.8 Å². The molecule has 0 N–H and O–H groups in total. The molecular formula is C15H17F2N3O2S. The van der Waals surface area contributed by atoms with Crippen molar-refractivity contribution in [3.05, 3.63) is 28.1 Å². The van der Waals surface area contributed by atoms with Crippen LogP contribution in [-0.4, -0.2) is 28.3 Å². The topological polar surface area (TPSA) is 47.4 Å². The number of rotatable bonds is 3. The highest BCUT2D eigenvalue weighted by atomic mass is 32.1. The number of ether oxygens (including phenoxy) is 1. The zero-order valence-corrected chi connectivity index (χ0v) is 13.8. The summed E-state index contributed by atoms with van der Waals surface area (Å²) < 4.78 is 31.4. The molecule has 2 atom stereocenters. The third kappa shape index (κ3) is 2.83. The van der Waals surface area contributed by atoms with Gasteiger partial charge in [0.1, 0.15) is 16.4 Å². The van der Waals surface area contributed by atoms with Crippen molar-refractivity contribution in [2.24, 2.45) is 0 Å². The lowest BCUT2D eigenvalue weighted by Gasteiger charge is -2.36. The van der Waals surface area contributed by atoms with Crippen molar-refractivity contribution in [3.8, 4) is 5.75 Å². The molecule has 2 aromatic rings. The van der Waals surface area contributed by atoms with E-state index in [2.05, 4.69) is 9.84 Å². The van der Waals surface area contributed by atoms with Crippen LogP contribution in [-0.2, 0) is 0 Å². The van der Waals surface area contributed by atoms with Gasteiger partial charge in [-0.3, -0.25) is 9.69 Å². The normalized spacial score (nSPS) is 20.7. The van der Waals surface area contributed by atoms with E-state index in [4.69, 9.17) is 0 Å². The number of amides is 1. The second kappa shape index (κ2) is 5.92. The Balaban J connectivity index is 2.00. The number of fused-ring (bicyclic) bond motifs is 1. The summed E-state index contributed by atoms with van der Waals surface area (Å²) in [6.07, 6.45) is 2.39. The Morgan fingerprint density at radius 1 is 1.43 bits per heavy atom. The first-order valence-corrected chi connectivity index (χ1v) is 8.12. The molecule has 1 aliphatic heterocycles. The Hall–Kier alpha value is -1.96. The van der Waals surface area contributed by atoms with Crippen LogP contribution in [0.15, 0.2) is 18.3 Å². The van der Waals surface area contributed by atoms with Gasteiger partial charge in [0.25, 0.3) is 5.91 Å². The van der Waals surface area contributed by atoms with Crippen LogP contribution in [0.2, 0.25) is 0 Å². The molecule has 5 nitrogen and oxygen atoms in total. The molecule has 0 fully saturated rings. The molecule has 2 aromatic heterocycles. The lowest BCUT2D eigenvalue weighted by molar-refractivity contribution is -0.0498. The molecule has 0 radical (unpaired) electrons. The van der Waals surface area contributed by atoms with Gasteiger partial charge in [-0.1, -0.05) is 0 Å². The molecule has 0 saturated carbocycles. The van der Waals surface area contributed by atoms with Crippen LogP contribution in [0.5, 0.6) is 5.75 Å². The molecular weight excluding hydrogens is 324 g/mol. The average Bonchev–Trinajstić information content (AvgIpc) is 3.05. The van der Waals surface area contributed by atoms with Gasteiger partial charge in [-0.05, 0) is 33.3 Å². The van der Waals surface area contributed by atoms with Crippen LogP contribution in [0, 0.1) is 6.92 Å². The molecule has 0 saturated heterocycles. The molecule has 124 valence electrons. The lowest BCUT2D eigenvalue weighted by atomic mass is 10.1. The van der Waals surface area contributed by atoms with E-state index in [0.717, 1.165) is 22.6 Å². The Morgan fingerprint density at radius 2 is 2.17 bits per heavy atom. The third-order valence-corrected chi connectivity index (χ3v) is 4.91. The first-order valence-electron chi connectivity index (χ1n) is 7.30. The van der Waals surface area contributed by atoms with E-state index in [1.165, 1.54) is 6.07 Å². The van der Waals surface area contributed by atoms with Crippen LogP contribution in [0.1, 0.15) is 40.9 Å². The van der Waals surface area contributed by atoms with E-state index < -0.39 is 6.61 Å². The number of thiophene rings is 1. The number of carbonyl (C=O) groups is 1. The molecule has 0 unspecified atom stereocenters. The van der Waals surface area contributed by atoms with Gasteiger partial charge >= 0.3 is 6.61 Å². The number of alkyl halides is 2. The van der Waals surface area contributed by atoms with Crippen LogP contribution < -0.4 is 9.64 Å². The summed E-state index contributed by atoms with van der Waals surface area (Å²) in [5.41, 5.74) is 0. The van der Waals surface area contributed by atoms with Crippen LogP contribution in [0.25, 0.3) is 0 Å². The van der Waals surface area contributed by atoms with Crippen LogP contribution in [0.4, 0.5) is 14.6 Å². The van der Waals surface area contributed by atoms with E-state index in [9.17, 15) is 13.6 Å². The van der Waals surface area contributed by atoms with Crippen LogP contribution >= 0.6 is 11.3 Å². The van der Waals surface area contributed by atoms with Gasteiger partial charge in [0.15, 0.2) is 0 Å². The van der Waals surface area contributed by atoms with Gasteiger partial charge in [0.05, 0.1) is 12.2 Å². The Bertz CT molecular complexity index is 728. The van der Waals surface area contributed by atoms with E-state index in [0.29, 0.717) is 5.82 Å². The number of nitrogens with zero attached hydrogens (tertiary/aromatic N) is 3. The number of halogens is 2. The fourth-order valence-corrected chi connectivity index (χ4v) is 3.88. The summed E-state index contributed by atoms with van der Waals surface area (Å²) in [6, 6.07) is 3.36. The van der Waals surface area contributed by atoms with Crippen molar-refractivity contribution >= 4 is 23.1 Å². The highest BCUT2D eigenvalue weighted by Gasteiger charge is 2.35. The van der Waals surface area contributed by atoms with Crippen molar-refractivity contribution < 1.29 is 18.3 Å². The number of carbonyl (C=O) groups excluding carboxylic acids is 1. The maximum atomic E-state index is 13.0. The van der Waals surface area contributed by atoms with Gasteiger partial charge in [-0.2, -0.15) is 13.9 Å². The van der Waals surface area contributed by atoms with E-state index >= 15 is 0 Å². The molecule has 0 spiro atoms. The zero-order valence-electron chi connectivity index (χ0n) is 13.0. The monoisotopic (exact) mass is 341 g/mol. The van der Waals surface area contributed by atoms with Gasteiger partial charge < -0.3 is 4.74 Å². The van der Waals surface area contributed by atoms with Gasteiger partial charge in [0.2, 0.25) is 0 Å². The summed E-state index contributed by atoms with van der Waals surface area (Å²) in [7, 11) is 0. The molecule has 0 aliphatic carbocycles. The smallest absolute Gasteiger partial charge is 0.387 e. The van der Waals surface area contributed by atoms with Gasteiger partial charge in [-0.25, -0.2) is 4.68 Å². The maximum Gasteiger partial charge on any atom is 0.387 e. The molecule has 3 rings (SSSR count). The second-order valence-corrected chi connectivity index (χ2v) is 6.93. The minimum atomic E-state index is -2.96. The summed E-state index contributed by atoms with van der Waals surface area (Å²) in [6.45, 7) is 2.78. The molecule has 23 heavy (non-hydrogen) atoms. The van der Waals surface area contributed by atoms with Gasteiger partial charge in [0, 0.05) is 17.0 Å². The predicted molar refractivity (Wildman–Crippen MR) is 83.5 cm³/mol. The quantitative estimate of drug-likeness (QED) is 0.852. The number of hydrogen-bond donors (Lipinski definition) is 0. The summed E-state index contributed by atoms with van der Waals surface area (Å²) in [5.74, 6) is 0.277. The maximum absolute atomic E-state index is 13.0. The van der Waals surface area contributed by atoms with Crippen LogP contribution in [0.3, 0.4) is 0 Å². The molecule has 8 heteroatoms. The fraction of sp³-hybridized carbons (Fsp3) is 0.467. The highest BCUT2D eigenvalue weighted by molar-refractivity contribution is 7.14. The third-order valence-electron chi connectivity index (χ3n) is 3.89. The number of hydrogen-bond acceptors (Lipinski definition) is 4. The highest BCUT2D eigenvalue weighted by Crippen LogP contribution is 2.37. The zero-order chi connectivity index (χ0) is 16.7. The average molecular weight is 341 g/mol. The minimum Gasteiger partial charge on any atom is -0.433 e. The summed E-state index contributed by atoms with van der Waals surface area (Å²) >= 11 is 1.16. The second-order valence-electron chi connectivity index (χ2n) is 5.67. The van der Waals surface area contributed by atoms with Crippen molar-refractivity contribution in [2.75, 3.05) is 4.90 Å².